The van der Waals surface area contributed by atoms with E-state index < -0.39 is 12.1 Å². The zero-order valence-electron chi connectivity index (χ0n) is 12.1. The quantitative estimate of drug-likeness (QED) is 0.379. The molecule has 0 rings (SSSR count). The second kappa shape index (κ2) is 12.1. The van der Waals surface area contributed by atoms with Gasteiger partial charge in [0.05, 0.1) is 13.2 Å². The minimum absolute atomic E-state index is 0.170. The highest BCUT2D eigenvalue weighted by atomic mass is 16.6. The number of nitrogens with one attached hydrogen (secondary N) is 1. The van der Waals surface area contributed by atoms with Gasteiger partial charge in [-0.1, -0.05) is 25.8 Å². The van der Waals surface area contributed by atoms with Crippen LogP contribution in [-0.2, 0) is 14.3 Å². The molecule has 112 valence electrons. The number of amides is 1. The van der Waals surface area contributed by atoms with Crippen LogP contribution in [0.2, 0.25) is 0 Å². The zero-order chi connectivity index (χ0) is 15.2. The summed E-state index contributed by atoms with van der Waals surface area (Å²) in [5, 5.41) is 2.33. The van der Waals surface area contributed by atoms with E-state index >= 15 is 0 Å². The Hall–Kier alpha value is -1.96. The molecule has 0 saturated carbocycles. The number of carbonyl (C=O) groups excluding carboxylic acids is 2. The van der Waals surface area contributed by atoms with Crippen LogP contribution < -0.4 is 5.32 Å². The van der Waals surface area contributed by atoms with Crippen molar-refractivity contribution in [3.8, 4) is 12.3 Å². The molecule has 0 radical (unpaired) electrons. The van der Waals surface area contributed by atoms with E-state index in [1.54, 1.807) is 0 Å². The van der Waals surface area contributed by atoms with E-state index in [9.17, 15) is 9.59 Å². The summed E-state index contributed by atoms with van der Waals surface area (Å²) in [6.45, 7) is 6.18. The average molecular weight is 281 g/mol. The average Bonchev–Trinajstić information content (AvgIpc) is 2.44. The smallest absolute Gasteiger partial charge is 0.407 e. The first kappa shape index (κ1) is 18.0. The first-order chi connectivity index (χ1) is 9.60. The maximum atomic E-state index is 11.2. The fourth-order valence-corrected chi connectivity index (χ4v) is 1.25. The highest BCUT2D eigenvalue weighted by Gasteiger charge is 2.06. The molecule has 0 aliphatic rings. The van der Waals surface area contributed by atoms with E-state index in [1.807, 2.05) is 6.92 Å². The SMILES string of the molecule is C#CC(=C)CCCCOC(=O)NCC(=O)OCCCC. The van der Waals surface area contributed by atoms with Gasteiger partial charge in [-0.2, -0.15) is 0 Å². The van der Waals surface area contributed by atoms with E-state index in [0.29, 0.717) is 13.0 Å². The van der Waals surface area contributed by atoms with Crippen LogP contribution in [0.15, 0.2) is 12.2 Å². The van der Waals surface area contributed by atoms with Crippen LogP contribution in [0.3, 0.4) is 0 Å². The van der Waals surface area contributed by atoms with Crippen LogP contribution in [-0.4, -0.2) is 31.8 Å². The predicted octanol–water partition coefficient (Wildman–Crippen LogP) is 2.42. The van der Waals surface area contributed by atoms with Crippen molar-refractivity contribution in [2.24, 2.45) is 0 Å². The van der Waals surface area contributed by atoms with Crippen LogP contribution in [0.25, 0.3) is 0 Å². The largest absolute Gasteiger partial charge is 0.464 e. The van der Waals surface area contributed by atoms with Crippen molar-refractivity contribution in [3.63, 3.8) is 0 Å². The van der Waals surface area contributed by atoms with E-state index in [2.05, 4.69) is 17.8 Å². The number of carbonyl (C=O) groups is 2. The van der Waals surface area contributed by atoms with Gasteiger partial charge in [0.2, 0.25) is 0 Å². The summed E-state index contributed by atoms with van der Waals surface area (Å²) >= 11 is 0. The number of rotatable bonds is 10. The number of hydrogen-bond acceptors (Lipinski definition) is 4. The molecule has 0 atom stereocenters. The summed E-state index contributed by atoms with van der Waals surface area (Å²) in [7, 11) is 0. The van der Waals surface area contributed by atoms with Crippen LogP contribution >= 0.6 is 0 Å². The lowest BCUT2D eigenvalue weighted by Crippen LogP contribution is -2.31. The van der Waals surface area contributed by atoms with Crippen LogP contribution in [0.1, 0.15) is 39.0 Å². The molecule has 0 aliphatic heterocycles. The van der Waals surface area contributed by atoms with Gasteiger partial charge in [0.25, 0.3) is 0 Å². The topological polar surface area (TPSA) is 64.6 Å². The molecule has 0 aromatic carbocycles. The summed E-state index contributed by atoms with van der Waals surface area (Å²) in [5.41, 5.74) is 0.740. The van der Waals surface area contributed by atoms with Crippen molar-refractivity contribution >= 4 is 12.1 Å². The third-order valence-electron chi connectivity index (χ3n) is 2.45. The molecule has 0 fully saturated rings. The van der Waals surface area contributed by atoms with Crippen molar-refractivity contribution < 1.29 is 19.1 Å². The van der Waals surface area contributed by atoms with Crippen LogP contribution in [0.4, 0.5) is 4.79 Å². The van der Waals surface area contributed by atoms with Gasteiger partial charge in [-0.15, -0.1) is 6.42 Å². The van der Waals surface area contributed by atoms with E-state index in [1.165, 1.54) is 0 Å². The molecule has 0 bridgehead atoms. The fraction of sp³-hybridized carbons (Fsp3) is 0.600. The maximum Gasteiger partial charge on any atom is 0.407 e. The Labute approximate surface area is 120 Å². The number of esters is 1. The second-order valence-electron chi connectivity index (χ2n) is 4.27. The predicted molar refractivity (Wildman–Crippen MR) is 77.0 cm³/mol. The second-order valence-corrected chi connectivity index (χ2v) is 4.27. The summed E-state index contributed by atoms with van der Waals surface area (Å²) in [5.74, 6) is 1.99. The maximum absolute atomic E-state index is 11.2. The third kappa shape index (κ3) is 11.1. The standard InChI is InChI=1S/C15H23NO4/c1-4-6-10-19-14(17)12-16-15(18)20-11-8-7-9-13(3)5-2/h2H,3-4,6-12H2,1H3,(H,16,18). The lowest BCUT2D eigenvalue weighted by Gasteiger charge is -2.07. The van der Waals surface area contributed by atoms with E-state index in [0.717, 1.165) is 31.3 Å². The fourth-order valence-electron chi connectivity index (χ4n) is 1.25. The summed E-state index contributed by atoms with van der Waals surface area (Å²) < 4.78 is 9.77. The molecule has 0 unspecified atom stereocenters. The van der Waals surface area contributed by atoms with Crippen molar-refractivity contribution in [3.05, 3.63) is 12.2 Å². The number of terminal acetylenes is 1. The Morgan fingerprint density at radius 3 is 2.55 bits per heavy atom. The molecule has 1 N–H and O–H groups in total. The van der Waals surface area contributed by atoms with E-state index in [-0.39, 0.29) is 13.2 Å². The lowest BCUT2D eigenvalue weighted by atomic mass is 10.1. The highest BCUT2D eigenvalue weighted by molar-refractivity contribution is 5.77. The molecular formula is C15H23NO4. The van der Waals surface area contributed by atoms with Crippen molar-refractivity contribution in [2.75, 3.05) is 19.8 Å². The molecule has 0 spiro atoms. The van der Waals surface area contributed by atoms with Crippen molar-refractivity contribution in [2.45, 2.75) is 39.0 Å². The molecule has 20 heavy (non-hydrogen) atoms. The Morgan fingerprint density at radius 1 is 1.20 bits per heavy atom. The first-order valence-electron chi connectivity index (χ1n) is 6.80. The Balaban J connectivity index is 3.48. The molecule has 1 amide bonds. The monoisotopic (exact) mass is 281 g/mol. The Bertz CT molecular complexity index is 357. The third-order valence-corrected chi connectivity index (χ3v) is 2.45. The zero-order valence-corrected chi connectivity index (χ0v) is 12.1. The molecule has 0 heterocycles. The van der Waals surface area contributed by atoms with Gasteiger partial charge >= 0.3 is 12.1 Å². The van der Waals surface area contributed by atoms with Gasteiger partial charge in [-0.25, -0.2) is 4.79 Å². The van der Waals surface area contributed by atoms with Gasteiger partial charge in [-0.05, 0) is 31.3 Å². The number of unbranched alkanes of at least 4 members (excludes halogenated alkanes) is 2. The molecule has 0 aromatic heterocycles. The van der Waals surface area contributed by atoms with Crippen LogP contribution in [0, 0.1) is 12.3 Å². The summed E-state index contributed by atoms with van der Waals surface area (Å²) in [4.78, 5) is 22.4. The van der Waals surface area contributed by atoms with Gasteiger partial charge in [-0.3, -0.25) is 4.79 Å². The molecule has 5 nitrogen and oxygen atoms in total. The summed E-state index contributed by atoms with van der Waals surface area (Å²) in [6.07, 6.45) is 8.56. The lowest BCUT2D eigenvalue weighted by molar-refractivity contribution is -0.142. The summed E-state index contributed by atoms with van der Waals surface area (Å²) in [6, 6.07) is 0. The van der Waals surface area contributed by atoms with Crippen LogP contribution in [0.5, 0.6) is 0 Å². The number of hydrogen-bond donors (Lipinski definition) is 1. The van der Waals surface area contributed by atoms with Gasteiger partial charge < -0.3 is 14.8 Å². The molecular weight excluding hydrogens is 258 g/mol. The normalized spacial score (nSPS) is 9.40. The first-order valence-corrected chi connectivity index (χ1v) is 6.80. The van der Waals surface area contributed by atoms with Gasteiger partial charge in [0.1, 0.15) is 6.54 Å². The molecule has 0 aromatic rings. The van der Waals surface area contributed by atoms with Gasteiger partial charge in [0.15, 0.2) is 0 Å². The van der Waals surface area contributed by atoms with Gasteiger partial charge in [0, 0.05) is 0 Å². The number of alkyl carbamates (subject to hydrolysis) is 1. The Morgan fingerprint density at radius 2 is 1.90 bits per heavy atom. The minimum Gasteiger partial charge on any atom is -0.464 e. The van der Waals surface area contributed by atoms with Crippen molar-refractivity contribution in [1.82, 2.24) is 5.32 Å². The highest BCUT2D eigenvalue weighted by Crippen LogP contribution is 2.03. The number of allylic oxidation sites excluding steroid dienone is 1. The van der Waals surface area contributed by atoms with E-state index in [4.69, 9.17) is 15.9 Å². The number of ether oxygens (including phenoxy) is 2. The minimum atomic E-state index is -0.617. The molecule has 5 heteroatoms. The molecule has 0 aliphatic carbocycles. The van der Waals surface area contributed by atoms with Crippen molar-refractivity contribution in [1.29, 1.82) is 0 Å². The molecule has 0 saturated heterocycles. The Kier molecular flexibility index (Phi) is 10.9.